The zero-order chi connectivity index (χ0) is 26.2. The van der Waals surface area contributed by atoms with E-state index >= 15 is 0 Å². The van der Waals surface area contributed by atoms with Gasteiger partial charge in [-0.05, 0) is 94.7 Å². The molecule has 2 aromatic rings. The van der Waals surface area contributed by atoms with Crippen LogP contribution < -0.4 is 10.6 Å². The lowest BCUT2D eigenvalue weighted by Gasteiger charge is -2.32. The highest BCUT2D eigenvalue weighted by molar-refractivity contribution is 5.94. The number of hydrogen-bond acceptors (Lipinski definition) is 5. The van der Waals surface area contributed by atoms with Crippen molar-refractivity contribution in [2.45, 2.75) is 39.5 Å². The van der Waals surface area contributed by atoms with Crippen molar-refractivity contribution in [1.82, 2.24) is 20.5 Å². The Balaban J connectivity index is 1.71. The molecule has 7 heteroatoms. The number of benzene rings is 1. The molecule has 1 aliphatic heterocycles. The van der Waals surface area contributed by atoms with Gasteiger partial charge in [-0.3, -0.25) is 14.7 Å². The molecule has 5 nitrogen and oxygen atoms in total. The number of carbonyl (C=O) groups is 1. The van der Waals surface area contributed by atoms with E-state index in [1.165, 1.54) is 12.5 Å². The van der Waals surface area contributed by atoms with Gasteiger partial charge in [0.25, 0.3) is 0 Å². The lowest BCUT2D eigenvalue weighted by molar-refractivity contribution is 0.101. The van der Waals surface area contributed by atoms with E-state index < -0.39 is 11.6 Å². The van der Waals surface area contributed by atoms with Gasteiger partial charge >= 0.3 is 0 Å². The number of pyridine rings is 1. The molecular weight excluding hydrogens is 458 g/mol. The summed E-state index contributed by atoms with van der Waals surface area (Å²) in [6.07, 6.45) is 11.3. The van der Waals surface area contributed by atoms with Crippen molar-refractivity contribution in [3.63, 3.8) is 0 Å². The number of hydrogen-bond donors (Lipinski definition) is 2. The fourth-order valence-electron chi connectivity index (χ4n) is 4.66. The number of likely N-dealkylation sites (tertiary alicyclic amines) is 1. The number of aromatic nitrogens is 1. The highest BCUT2D eigenvalue weighted by atomic mass is 19.1. The summed E-state index contributed by atoms with van der Waals surface area (Å²) in [5, 5.41) is 6.20. The van der Waals surface area contributed by atoms with Crippen LogP contribution >= 0.6 is 0 Å². The van der Waals surface area contributed by atoms with Crippen LogP contribution in [0.2, 0.25) is 0 Å². The van der Waals surface area contributed by atoms with Crippen LogP contribution in [0.4, 0.5) is 8.78 Å². The minimum absolute atomic E-state index is 0.0757. The summed E-state index contributed by atoms with van der Waals surface area (Å²) in [5.74, 6) is -1.76. The summed E-state index contributed by atoms with van der Waals surface area (Å²) in [5.41, 5.74) is 5.46. The molecule has 3 rings (SSSR count). The van der Waals surface area contributed by atoms with E-state index in [1.807, 2.05) is 45.6 Å². The number of nitrogens with one attached hydrogen (secondary N) is 2. The molecule has 0 spiro atoms. The molecule has 1 aliphatic rings. The third-order valence-corrected chi connectivity index (χ3v) is 6.60. The normalized spacial score (nSPS) is 16.0. The Labute approximate surface area is 213 Å². The van der Waals surface area contributed by atoms with E-state index in [-0.39, 0.29) is 22.8 Å². The van der Waals surface area contributed by atoms with Crippen molar-refractivity contribution in [3.8, 4) is 0 Å². The fourth-order valence-corrected chi connectivity index (χ4v) is 4.66. The predicted octanol–water partition coefficient (Wildman–Crippen LogP) is 5.45. The van der Waals surface area contributed by atoms with E-state index in [2.05, 4.69) is 39.6 Å². The first-order chi connectivity index (χ1) is 17.2. The minimum Gasteiger partial charge on any atom is -0.394 e. The number of aryl methyl sites for hydroxylation is 1. The Bertz CT molecular complexity index is 1150. The van der Waals surface area contributed by atoms with E-state index in [1.54, 1.807) is 0 Å². The van der Waals surface area contributed by atoms with Gasteiger partial charge in [-0.25, -0.2) is 8.78 Å². The van der Waals surface area contributed by atoms with Crippen molar-refractivity contribution >= 4 is 17.9 Å². The highest BCUT2D eigenvalue weighted by Gasteiger charge is 2.26. The number of piperidine rings is 1. The Hall–Kier alpha value is -3.32. The Morgan fingerprint density at radius 2 is 1.81 bits per heavy atom. The van der Waals surface area contributed by atoms with E-state index in [9.17, 15) is 13.6 Å². The fraction of sp³-hybridized carbons (Fsp3) is 0.379. The maximum atomic E-state index is 14.6. The SMILES string of the molecule is CN/C=C\C(=C/c1ccnc(C)c1/C=C(\C)CN1CCC(c2c(F)cc(C(C)=O)cc2F)CC1)NC. The molecule has 0 amide bonds. The van der Waals surface area contributed by atoms with Crippen molar-refractivity contribution < 1.29 is 13.6 Å². The van der Waals surface area contributed by atoms with E-state index in [0.29, 0.717) is 12.8 Å². The number of rotatable bonds is 9. The molecule has 36 heavy (non-hydrogen) atoms. The minimum atomic E-state index is -0.618. The molecule has 0 unspecified atom stereocenters. The topological polar surface area (TPSA) is 57.3 Å². The summed E-state index contributed by atoms with van der Waals surface area (Å²) in [6.45, 7) is 7.70. The molecule has 1 fully saturated rings. The van der Waals surface area contributed by atoms with Crippen LogP contribution in [0.5, 0.6) is 0 Å². The zero-order valence-electron chi connectivity index (χ0n) is 21.8. The predicted molar refractivity (Wildman–Crippen MR) is 143 cm³/mol. The first-order valence-electron chi connectivity index (χ1n) is 12.3. The van der Waals surface area contributed by atoms with E-state index in [4.69, 9.17) is 0 Å². The van der Waals surface area contributed by atoms with Crippen molar-refractivity contribution in [3.05, 3.63) is 87.5 Å². The van der Waals surface area contributed by atoms with Gasteiger partial charge < -0.3 is 10.6 Å². The number of allylic oxidation sites excluding steroid dienone is 1. The van der Waals surface area contributed by atoms with Crippen LogP contribution in [0.1, 0.15) is 65.3 Å². The van der Waals surface area contributed by atoms with Crippen molar-refractivity contribution in [2.24, 2.45) is 0 Å². The molecule has 0 bridgehead atoms. The highest BCUT2D eigenvalue weighted by Crippen LogP contribution is 2.33. The van der Waals surface area contributed by atoms with Crippen LogP contribution in [-0.4, -0.2) is 49.4 Å². The number of nitrogens with zero attached hydrogens (tertiary/aromatic N) is 2. The molecule has 2 heterocycles. The van der Waals surface area contributed by atoms with Gasteiger partial charge in [-0.1, -0.05) is 11.6 Å². The summed E-state index contributed by atoms with van der Waals surface area (Å²) >= 11 is 0. The number of carbonyl (C=O) groups excluding carboxylic acids is 1. The Kier molecular flexibility index (Phi) is 9.53. The Morgan fingerprint density at radius 3 is 2.39 bits per heavy atom. The molecular formula is C29H36F2N4O. The van der Waals surface area contributed by atoms with E-state index in [0.717, 1.165) is 54.3 Å². The second kappa shape index (κ2) is 12.6. The molecule has 0 saturated carbocycles. The molecule has 1 saturated heterocycles. The smallest absolute Gasteiger partial charge is 0.160 e. The molecule has 2 N–H and O–H groups in total. The van der Waals surface area contributed by atoms with Crippen molar-refractivity contribution in [2.75, 3.05) is 33.7 Å². The number of likely N-dealkylation sites (N-methyl/N-ethyl adjacent to an activating group) is 1. The van der Waals surface area contributed by atoms with Gasteiger partial charge in [0.2, 0.25) is 0 Å². The maximum absolute atomic E-state index is 14.6. The van der Waals surface area contributed by atoms with Gasteiger partial charge in [-0.15, -0.1) is 0 Å². The quantitative estimate of drug-likeness (QED) is 0.359. The van der Waals surface area contributed by atoms with Crippen LogP contribution in [-0.2, 0) is 0 Å². The van der Waals surface area contributed by atoms with Crippen LogP contribution in [0.15, 0.2) is 47.9 Å². The van der Waals surface area contributed by atoms with Gasteiger partial charge in [0.15, 0.2) is 5.78 Å². The van der Waals surface area contributed by atoms with Crippen LogP contribution in [0.3, 0.4) is 0 Å². The lowest BCUT2D eigenvalue weighted by atomic mass is 9.87. The molecule has 0 radical (unpaired) electrons. The van der Waals surface area contributed by atoms with Gasteiger partial charge in [0, 0.05) is 54.9 Å². The molecule has 1 aromatic heterocycles. The standard InChI is InChI=1S/C29H36F2N4O/c1-19(14-26-20(2)34-11-6-23(26)15-25(33-5)7-10-32-4)18-35-12-8-22(9-13-35)29-27(30)16-24(21(3)36)17-28(29)31/h6-7,10-11,14-17,22,32-33H,8-9,12-13,18H2,1-5H3/b10-7-,19-14+,25-15+. The summed E-state index contributed by atoms with van der Waals surface area (Å²) < 4.78 is 29.3. The van der Waals surface area contributed by atoms with Crippen molar-refractivity contribution in [1.29, 1.82) is 0 Å². The Morgan fingerprint density at radius 1 is 1.14 bits per heavy atom. The first kappa shape index (κ1) is 27.3. The molecule has 0 aliphatic carbocycles. The maximum Gasteiger partial charge on any atom is 0.160 e. The number of Topliss-reactive ketones (excluding diaryl/α,β-unsaturated/α-hetero) is 1. The van der Waals surface area contributed by atoms with Gasteiger partial charge in [0.1, 0.15) is 11.6 Å². The molecule has 0 atom stereocenters. The van der Waals surface area contributed by atoms with Gasteiger partial charge in [0.05, 0.1) is 0 Å². The zero-order valence-corrected chi connectivity index (χ0v) is 21.8. The summed E-state index contributed by atoms with van der Waals surface area (Å²) in [4.78, 5) is 18.3. The summed E-state index contributed by atoms with van der Waals surface area (Å²) in [6, 6.07) is 4.33. The average molecular weight is 495 g/mol. The second-order valence-electron chi connectivity index (χ2n) is 9.32. The average Bonchev–Trinajstić information content (AvgIpc) is 2.84. The third-order valence-electron chi connectivity index (χ3n) is 6.60. The number of ketones is 1. The van der Waals surface area contributed by atoms with Gasteiger partial charge in [-0.2, -0.15) is 0 Å². The lowest BCUT2D eigenvalue weighted by Crippen LogP contribution is -2.34. The molecule has 1 aromatic carbocycles. The second-order valence-corrected chi connectivity index (χ2v) is 9.32. The summed E-state index contributed by atoms with van der Waals surface area (Å²) in [7, 11) is 3.75. The van der Waals surface area contributed by atoms with Crippen LogP contribution in [0, 0.1) is 18.6 Å². The molecule has 192 valence electrons. The van der Waals surface area contributed by atoms with Crippen LogP contribution in [0.25, 0.3) is 12.2 Å². The number of halogens is 2. The monoisotopic (exact) mass is 494 g/mol. The largest absolute Gasteiger partial charge is 0.394 e. The first-order valence-corrected chi connectivity index (χ1v) is 12.3. The third kappa shape index (κ3) is 6.88.